The van der Waals surface area contributed by atoms with E-state index in [0.717, 1.165) is 12.1 Å². The second kappa shape index (κ2) is 10.5. The zero-order chi connectivity index (χ0) is 22.3. The van der Waals surface area contributed by atoms with Gasteiger partial charge in [0.1, 0.15) is 0 Å². The second-order valence-corrected chi connectivity index (χ2v) is 6.96. The SMILES string of the molecule is O=C(CCCCC(=O)Nc1cc([N+](=O)[O-])ccc1Cl)Nc1cc([N+](=O)[O-])ccc1Cl. The summed E-state index contributed by atoms with van der Waals surface area (Å²) in [6.45, 7) is 0. The Bertz CT molecular complexity index is 919. The second-order valence-electron chi connectivity index (χ2n) is 6.15. The fraction of sp³-hybridized carbons (Fsp3) is 0.222. The minimum atomic E-state index is -0.599. The van der Waals surface area contributed by atoms with Gasteiger partial charge in [0.25, 0.3) is 11.4 Å². The van der Waals surface area contributed by atoms with E-state index in [4.69, 9.17) is 23.2 Å². The summed E-state index contributed by atoms with van der Waals surface area (Å²) < 4.78 is 0. The monoisotopic (exact) mass is 454 g/mol. The molecule has 0 saturated heterocycles. The Hall–Kier alpha value is -3.24. The summed E-state index contributed by atoms with van der Waals surface area (Å²) in [5.74, 6) is -0.806. The number of unbranched alkanes of at least 4 members (excludes halogenated alkanes) is 1. The molecule has 2 amide bonds. The molecule has 2 rings (SSSR count). The molecular formula is C18H16Cl2N4O6. The third-order valence-corrected chi connectivity index (χ3v) is 4.59. The van der Waals surface area contributed by atoms with E-state index in [1.807, 2.05) is 0 Å². The third-order valence-electron chi connectivity index (χ3n) is 3.93. The number of carbonyl (C=O) groups is 2. The van der Waals surface area contributed by atoms with Crippen LogP contribution in [0.15, 0.2) is 36.4 Å². The zero-order valence-electron chi connectivity index (χ0n) is 15.4. The molecule has 0 aromatic heterocycles. The van der Waals surface area contributed by atoms with Gasteiger partial charge in [-0.3, -0.25) is 29.8 Å². The summed E-state index contributed by atoms with van der Waals surface area (Å²) in [7, 11) is 0. The van der Waals surface area contributed by atoms with Gasteiger partial charge < -0.3 is 10.6 Å². The Kier molecular flexibility index (Phi) is 8.07. The summed E-state index contributed by atoms with van der Waals surface area (Å²) in [6, 6.07) is 7.42. The Labute approximate surface area is 180 Å². The molecule has 0 saturated carbocycles. The number of rotatable bonds is 9. The lowest BCUT2D eigenvalue weighted by Gasteiger charge is -2.08. The minimum Gasteiger partial charge on any atom is -0.325 e. The number of hydrogen-bond donors (Lipinski definition) is 2. The standard InChI is InChI=1S/C18H16Cl2N4O6/c19-13-7-5-11(23(27)28)9-15(13)21-17(25)3-1-2-4-18(26)22-16-10-12(24(29)30)6-8-14(16)20/h5-10H,1-4H2,(H,21,25)(H,22,26). The number of hydrogen-bond acceptors (Lipinski definition) is 6. The molecule has 0 aliphatic carbocycles. The molecule has 0 unspecified atom stereocenters. The van der Waals surface area contributed by atoms with E-state index in [-0.39, 0.29) is 45.6 Å². The van der Waals surface area contributed by atoms with Crippen LogP contribution in [0.5, 0.6) is 0 Å². The van der Waals surface area contributed by atoms with Gasteiger partial charge in [0.05, 0.1) is 31.3 Å². The van der Waals surface area contributed by atoms with Gasteiger partial charge in [-0.05, 0) is 25.0 Å². The lowest BCUT2D eigenvalue weighted by Crippen LogP contribution is -2.14. The fourth-order valence-electron chi connectivity index (χ4n) is 2.44. The Balaban J connectivity index is 1.80. The summed E-state index contributed by atoms with van der Waals surface area (Å²) in [6.07, 6.45) is 0.886. The first kappa shape index (κ1) is 23.0. The molecule has 0 atom stereocenters. The Morgan fingerprint density at radius 3 is 1.47 bits per heavy atom. The van der Waals surface area contributed by atoms with Crippen molar-refractivity contribution in [1.82, 2.24) is 0 Å². The average Bonchev–Trinajstić information content (AvgIpc) is 2.68. The van der Waals surface area contributed by atoms with Crippen molar-refractivity contribution >= 4 is 57.8 Å². The van der Waals surface area contributed by atoms with Crippen LogP contribution in [0.1, 0.15) is 25.7 Å². The van der Waals surface area contributed by atoms with E-state index in [1.54, 1.807) is 0 Å². The maximum Gasteiger partial charge on any atom is 0.271 e. The van der Waals surface area contributed by atoms with Crippen LogP contribution in [0.2, 0.25) is 10.0 Å². The van der Waals surface area contributed by atoms with Crippen molar-refractivity contribution in [3.8, 4) is 0 Å². The van der Waals surface area contributed by atoms with Crippen molar-refractivity contribution in [2.24, 2.45) is 0 Å². The van der Waals surface area contributed by atoms with Crippen molar-refractivity contribution in [2.75, 3.05) is 10.6 Å². The predicted octanol–water partition coefficient (Wildman–Crippen LogP) is 4.95. The van der Waals surface area contributed by atoms with Crippen molar-refractivity contribution in [1.29, 1.82) is 0 Å². The van der Waals surface area contributed by atoms with Crippen LogP contribution in [0.4, 0.5) is 22.7 Å². The number of nitrogens with zero attached hydrogens (tertiary/aromatic N) is 2. The van der Waals surface area contributed by atoms with Crippen molar-refractivity contribution in [2.45, 2.75) is 25.7 Å². The highest BCUT2D eigenvalue weighted by molar-refractivity contribution is 6.34. The average molecular weight is 455 g/mol. The van der Waals surface area contributed by atoms with Crippen molar-refractivity contribution in [3.05, 3.63) is 66.7 Å². The number of nitro benzene ring substituents is 2. The Morgan fingerprint density at radius 2 is 1.13 bits per heavy atom. The number of carbonyl (C=O) groups excluding carboxylic acids is 2. The normalized spacial score (nSPS) is 10.3. The van der Waals surface area contributed by atoms with E-state index in [2.05, 4.69) is 10.6 Å². The lowest BCUT2D eigenvalue weighted by molar-refractivity contribution is -0.385. The van der Waals surface area contributed by atoms with Crippen molar-refractivity contribution in [3.63, 3.8) is 0 Å². The third kappa shape index (κ3) is 6.68. The zero-order valence-corrected chi connectivity index (χ0v) is 16.9. The van der Waals surface area contributed by atoms with E-state index < -0.39 is 21.7 Å². The maximum absolute atomic E-state index is 12.0. The van der Waals surface area contributed by atoms with Crippen LogP contribution < -0.4 is 10.6 Å². The number of amides is 2. The van der Waals surface area contributed by atoms with Crippen LogP contribution >= 0.6 is 23.2 Å². The first-order valence-electron chi connectivity index (χ1n) is 8.65. The largest absolute Gasteiger partial charge is 0.325 e. The van der Waals surface area contributed by atoms with E-state index in [0.29, 0.717) is 12.8 Å². The molecule has 10 nitrogen and oxygen atoms in total. The molecule has 30 heavy (non-hydrogen) atoms. The number of non-ortho nitro benzene ring substituents is 2. The molecule has 2 N–H and O–H groups in total. The van der Waals surface area contributed by atoms with Crippen LogP contribution in [-0.2, 0) is 9.59 Å². The molecule has 0 aliphatic rings. The molecule has 0 heterocycles. The first-order valence-corrected chi connectivity index (χ1v) is 9.40. The fourth-order valence-corrected chi connectivity index (χ4v) is 2.77. The molecule has 0 fully saturated rings. The van der Waals surface area contributed by atoms with E-state index in [1.165, 1.54) is 24.3 Å². The topological polar surface area (TPSA) is 144 Å². The van der Waals surface area contributed by atoms with Gasteiger partial charge >= 0.3 is 0 Å². The van der Waals surface area contributed by atoms with Crippen LogP contribution in [-0.4, -0.2) is 21.7 Å². The van der Waals surface area contributed by atoms with Gasteiger partial charge in [0, 0.05) is 37.1 Å². The number of nitro groups is 2. The highest BCUT2D eigenvalue weighted by Gasteiger charge is 2.14. The van der Waals surface area contributed by atoms with Gasteiger partial charge in [-0.2, -0.15) is 0 Å². The van der Waals surface area contributed by atoms with Gasteiger partial charge in [0.2, 0.25) is 11.8 Å². The van der Waals surface area contributed by atoms with Crippen LogP contribution in [0.25, 0.3) is 0 Å². The number of benzene rings is 2. The summed E-state index contributed by atoms with van der Waals surface area (Å²) in [5.41, 5.74) is -0.139. The molecule has 0 aliphatic heterocycles. The van der Waals surface area contributed by atoms with Gasteiger partial charge in [-0.1, -0.05) is 23.2 Å². The smallest absolute Gasteiger partial charge is 0.271 e. The minimum absolute atomic E-state index is 0.0733. The Morgan fingerprint density at radius 1 is 0.767 bits per heavy atom. The molecule has 0 radical (unpaired) electrons. The summed E-state index contributed by atoms with van der Waals surface area (Å²) in [4.78, 5) is 44.4. The van der Waals surface area contributed by atoms with Crippen LogP contribution in [0.3, 0.4) is 0 Å². The molecule has 2 aromatic rings. The molecule has 0 spiro atoms. The number of nitrogens with one attached hydrogen (secondary N) is 2. The van der Waals surface area contributed by atoms with Crippen molar-refractivity contribution < 1.29 is 19.4 Å². The summed E-state index contributed by atoms with van der Waals surface area (Å²) >= 11 is 11.9. The van der Waals surface area contributed by atoms with Crippen LogP contribution in [0, 0.1) is 20.2 Å². The lowest BCUT2D eigenvalue weighted by atomic mass is 10.1. The number of anilines is 2. The molecule has 0 bridgehead atoms. The molecule has 158 valence electrons. The van der Waals surface area contributed by atoms with Gasteiger partial charge in [0.15, 0.2) is 0 Å². The highest BCUT2D eigenvalue weighted by Crippen LogP contribution is 2.28. The quantitative estimate of drug-likeness (QED) is 0.311. The molecule has 2 aromatic carbocycles. The van der Waals surface area contributed by atoms with Gasteiger partial charge in [-0.15, -0.1) is 0 Å². The molecular weight excluding hydrogens is 439 g/mol. The first-order chi connectivity index (χ1) is 14.2. The van der Waals surface area contributed by atoms with Gasteiger partial charge in [-0.25, -0.2) is 0 Å². The molecule has 12 heteroatoms. The number of halogens is 2. The predicted molar refractivity (Wildman–Crippen MR) is 112 cm³/mol. The highest BCUT2D eigenvalue weighted by atomic mass is 35.5. The van der Waals surface area contributed by atoms with E-state index >= 15 is 0 Å². The summed E-state index contributed by atoms with van der Waals surface area (Å²) in [5, 5.41) is 26.9. The van der Waals surface area contributed by atoms with E-state index in [9.17, 15) is 29.8 Å². The maximum atomic E-state index is 12.0.